The minimum Gasteiger partial charge on any atom is -0.411 e. The predicted octanol–water partition coefficient (Wildman–Crippen LogP) is 1.25. The molecule has 0 radical (unpaired) electrons. The summed E-state index contributed by atoms with van der Waals surface area (Å²) >= 11 is 0. The maximum Gasteiger partial charge on any atom is 0.320 e. The van der Waals surface area contributed by atoms with Crippen LogP contribution in [0.2, 0.25) is 0 Å². The Hall–Kier alpha value is -1.84. The number of hydrogen-bond acceptors (Lipinski definition) is 3. The fraction of sp³-hybridized carbons (Fsp3) is 0.111. The highest BCUT2D eigenvalue weighted by molar-refractivity contribution is 5.35. The zero-order valence-electron chi connectivity index (χ0n) is 7.21. The average Bonchev–Trinajstić information content (AvgIpc) is 2.54. The maximum atomic E-state index is 5.05. The smallest absolute Gasteiger partial charge is 0.320 e. The van der Waals surface area contributed by atoms with Crippen LogP contribution >= 0.6 is 0 Å². The lowest BCUT2D eigenvalue weighted by Crippen LogP contribution is -2.12. The first-order valence-electron chi connectivity index (χ1n) is 3.93. The molecule has 0 aliphatic carbocycles. The Morgan fingerprint density at radius 1 is 1.31 bits per heavy atom. The van der Waals surface area contributed by atoms with Gasteiger partial charge in [0.2, 0.25) is 6.39 Å². The lowest BCUT2D eigenvalue weighted by Gasteiger charge is -1.89. The van der Waals surface area contributed by atoms with E-state index in [1.165, 1.54) is 6.39 Å². The molecule has 2 rings (SSSR count). The van der Waals surface area contributed by atoms with E-state index in [2.05, 4.69) is 10.1 Å². The van der Waals surface area contributed by atoms with E-state index in [0.717, 1.165) is 5.69 Å². The first-order valence-corrected chi connectivity index (χ1v) is 3.93. The summed E-state index contributed by atoms with van der Waals surface area (Å²) in [5.74, 6) is 0. The van der Waals surface area contributed by atoms with E-state index >= 15 is 0 Å². The van der Waals surface area contributed by atoms with Crippen LogP contribution in [0.5, 0.6) is 0 Å². The van der Waals surface area contributed by atoms with Gasteiger partial charge in [0.05, 0.1) is 5.69 Å². The number of aromatic nitrogens is 2. The molecule has 0 aliphatic heterocycles. The molecular formula is C9H9N3O. The molecular weight excluding hydrogens is 166 g/mol. The normalized spacial score (nSPS) is 11.9. The fourth-order valence-electron chi connectivity index (χ4n) is 0.979. The first kappa shape index (κ1) is 7.79. The van der Waals surface area contributed by atoms with Crippen molar-refractivity contribution in [2.75, 3.05) is 0 Å². The van der Waals surface area contributed by atoms with Gasteiger partial charge in [0.25, 0.3) is 0 Å². The molecule has 1 heterocycles. The van der Waals surface area contributed by atoms with Crippen molar-refractivity contribution in [1.82, 2.24) is 9.78 Å². The largest absolute Gasteiger partial charge is 0.411 e. The zero-order valence-corrected chi connectivity index (χ0v) is 7.21. The van der Waals surface area contributed by atoms with Gasteiger partial charge in [0.1, 0.15) is 0 Å². The van der Waals surface area contributed by atoms with Gasteiger partial charge in [-0.1, -0.05) is 18.2 Å². The van der Waals surface area contributed by atoms with E-state index in [1.807, 2.05) is 30.3 Å². The monoisotopic (exact) mass is 175 g/mol. The molecule has 0 unspecified atom stereocenters. The van der Waals surface area contributed by atoms with Crippen molar-refractivity contribution in [3.63, 3.8) is 0 Å². The Balaban J connectivity index is 2.48. The third kappa shape index (κ3) is 1.66. The summed E-state index contributed by atoms with van der Waals surface area (Å²) < 4.78 is 6.63. The predicted molar refractivity (Wildman–Crippen MR) is 47.1 cm³/mol. The number of hydrogen-bond donors (Lipinski definition) is 0. The first-order chi connectivity index (χ1) is 6.36. The van der Waals surface area contributed by atoms with Gasteiger partial charge in [0.15, 0.2) is 0 Å². The van der Waals surface area contributed by atoms with Gasteiger partial charge in [-0.3, -0.25) is 0 Å². The Labute approximate surface area is 75.2 Å². The number of benzene rings is 1. The van der Waals surface area contributed by atoms with Gasteiger partial charge in [-0.05, 0) is 12.1 Å². The van der Waals surface area contributed by atoms with E-state index < -0.39 is 0 Å². The quantitative estimate of drug-likeness (QED) is 0.654. The van der Waals surface area contributed by atoms with Gasteiger partial charge in [0, 0.05) is 7.05 Å². The summed E-state index contributed by atoms with van der Waals surface area (Å²) in [6, 6.07) is 9.61. The van der Waals surface area contributed by atoms with Crippen molar-refractivity contribution >= 4 is 5.69 Å². The lowest BCUT2D eigenvalue weighted by molar-refractivity contribution is 0.478. The minimum atomic E-state index is 0.492. The van der Waals surface area contributed by atoms with Gasteiger partial charge in [-0.2, -0.15) is 4.99 Å². The van der Waals surface area contributed by atoms with Crippen LogP contribution in [-0.2, 0) is 7.05 Å². The third-order valence-corrected chi connectivity index (χ3v) is 1.64. The molecule has 0 fully saturated rings. The molecule has 0 spiro atoms. The molecule has 0 aliphatic rings. The fourth-order valence-corrected chi connectivity index (χ4v) is 0.979. The molecule has 2 aromatic rings. The van der Waals surface area contributed by atoms with E-state index in [4.69, 9.17) is 4.42 Å². The van der Waals surface area contributed by atoms with Gasteiger partial charge >= 0.3 is 5.68 Å². The molecule has 0 amide bonds. The average molecular weight is 175 g/mol. The van der Waals surface area contributed by atoms with Crippen LogP contribution in [0.4, 0.5) is 5.69 Å². The second kappa shape index (κ2) is 3.26. The van der Waals surface area contributed by atoms with E-state index in [9.17, 15) is 0 Å². The van der Waals surface area contributed by atoms with Crippen LogP contribution in [0.25, 0.3) is 0 Å². The van der Waals surface area contributed by atoms with Crippen molar-refractivity contribution < 1.29 is 4.42 Å². The summed E-state index contributed by atoms with van der Waals surface area (Å²) in [4.78, 5) is 4.23. The molecule has 1 aromatic carbocycles. The van der Waals surface area contributed by atoms with Gasteiger partial charge in [-0.25, -0.2) is 4.68 Å². The van der Waals surface area contributed by atoms with Crippen molar-refractivity contribution in [1.29, 1.82) is 0 Å². The van der Waals surface area contributed by atoms with Crippen molar-refractivity contribution in [2.24, 2.45) is 12.0 Å². The highest BCUT2D eigenvalue weighted by Gasteiger charge is 1.91. The zero-order chi connectivity index (χ0) is 9.10. The Kier molecular flexibility index (Phi) is 1.96. The second-order valence-corrected chi connectivity index (χ2v) is 2.59. The maximum absolute atomic E-state index is 5.05. The number of para-hydroxylation sites is 1. The standard InChI is InChI=1S/C9H9N3O/c1-12-9(13-7-10-12)11-8-5-3-2-4-6-8/h2-7H,1H3. The molecule has 0 bridgehead atoms. The SMILES string of the molecule is Cn1ncoc1=Nc1ccccc1. The molecule has 0 saturated heterocycles. The second-order valence-electron chi connectivity index (χ2n) is 2.59. The molecule has 0 saturated carbocycles. The Bertz CT molecular complexity index is 441. The van der Waals surface area contributed by atoms with Crippen molar-refractivity contribution in [3.8, 4) is 0 Å². The molecule has 0 N–H and O–H groups in total. The number of nitrogens with zero attached hydrogens (tertiary/aromatic N) is 3. The summed E-state index contributed by atoms with van der Waals surface area (Å²) in [7, 11) is 1.78. The van der Waals surface area contributed by atoms with E-state index in [1.54, 1.807) is 11.7 Å². The van der Waals surface area contributed by atoms with Gasteiger partial charge in [-0.15, -0.1) is 5.10 Å². The molecule has 66 valence electrons. The lowest BCUT2D eigenvalue weighted by atomic mass is 10.3. The summed E-state index contributed by atoms with van der Waals surface area (Å²) in [5.41, 5.74) is 1.35. The highest BCUT2D eigenvalue weighted by atomic mass is 16.4. The topological polar surface area (TPSA) is 43.3 Å². The van der Waals surface area contributed by atoms with Crippen LogP contribution < -0.4 is 5.68 Å². The van der Waals surface area contributed by atoms with Crippen LogP contribution in [0.3, 0.4) is 0 Å². The molecule has 1 aromatic heterocycles. The summed E-state index contributed by atoms with van der Waals surface area (Å²) in [6.45, 7) is 0. The highest BCUT2D eigenvalue weighted by Crippen LogP contribution is 2.07. The third-order valence-electron chi connectivity index (χ3n) is 1.64. The van der Waals surface area contributed by atoms with Crippen LogP contribution in [-0.4, -0.2) is 9.78 Å². The van der Waals surface area contributed by atoms with Crippen LogP contribution in [0.1, 0.15) is 0 Å². The van der Waals surface area contributed by atoms with Gasteiger partial charge < -0.3 is 4.42 Å². The van der Waals surface area contributed by atoms with Crippen molar-refractivity contribution in [3.05, 3.63) is 42.4 Å². The molecule has 4 heteroatoms. The summed E-state index contributed by atoms with van der Waals surface area (Å²) in [6.07, 6.45) is 1.36. The molecule has 0 atom stereocenters. The van der Waals surface area contributed by atoms with E-state index in [-0.39, 0.29) is 0 Å². The Morgan fingerprint density at radius 2 is 2.08 bits per heavy atom. The van der Waals surface area contributed by atoms with E-state index in [0.29, 0.717) is 5.68 Å². The Morgan fingerprint density at radius 3 is 2.69 bits per heavy atom. The number of rotatable bonds is 1. The van der Waals surface area contributed by atoms with Crippen LogP contribution in [0, 0.1) is 0 Å². The van der Waals surface area contributed by atoms with Crippen molar-refractivity contribution in [2.45, 2.75) is 0 Å². The molecule has 13 heavy (non-hydrogen) atoms. The minimum absolute atomic E-state index is 0.492. The number of aryl methyl sites for hydroxylation is 1. The summed E-state index contributed by atoms with van der Waals surface area (Å²) in [5, 5.41) is 3.87. The molecule has 4 nitrogen and oxygen atoms in total. The van der Waals surface area contributed by atoms with Crippen LogP contribution in [0.15, 0.2) is 46.1 Å².